The molecular formula is C10H15N3O2. The summed E-state index contributed by atoms with van der Waals surface area (Å²) in [7, 11) is 0. The topological polar surface area (TPSA) is 60.2 Å². The van der Waals surface area contributed by atoms with Crippen LogP contribution in [0.25, 0.3) is 0 Å². The highest BCUT2D eigenvalue weighted by molar-refractivity contribution is 5.12. The van der Waals surface area contributed by atoms with Crippen LogP contribution in [0.1, 0.15) is 25.6 Å². The van der Waals surface area contributed by atoms with E-state index < -0.39 is 0 Å². The van der Waals surface area contributed by atoms with E-state index in [1.807, 2.05) is 19.9 Å². The molecule has 0 saturated heterocycles. The molecule has 1 aliphatic heterocycles. The number of rotatable bonds is 4. The Morgan fingerprint density at radius 3 is 2.67 bits per heavy atom. The van der Waals surface area contributed by atoms with Crippen LogP contribution in [-0.4, -0.2) is 22.3 Å². The Labute approximate surface area is 88.5 Å². The van der Waals surface area contributed by atoms with Gasteiger partial charge in [0.05, 0.1) is 0 Å². The molecule has 2 heterocycles. The van der Waals surface area contributed by atoms with Crippen LogP contribution in [0.15, 0.2) is 16.4 Å². The van der Waals surface area contributed by atoms with Crippen molar-refractivity contribution >= 4 is 0 Å². The lowest BCUT2D eigenvalue weighted by molar-refractivity contribution is 0.0137. The van der Waals surface area contributed by atoms with Gasteiger partial charge in [-0.05, 0) is 13.8 Å². The van der Waals surface area contributed by atoms with Crippen LogP contribution in [0.4, 0.5) is 0 Å². The SMILES string of the molecule is Cc1nnc(CCNC2=CC(C)(C)O2)o1. The fraction of sp³-hybridized carbons (Fsp3) is 0.600. The number of nitrogens with one attached hydrogen (secondary N) is 1. The van der Waals surface area contributed by atoms with Gasteiger partial charge in [-0.2, -0.15) is 0 Å². The van der Waals surface area contributed by atoms with E-state index in [0.29, 0.717) is 18.2 Å². The second-order valence-electron chi connectivity index (χ2n) is 4.11. The highest BCUT2D eigenvalue weighted by Gasteiger charge is 2.28. The van der Waals surface area contributed by atoms with Crippen LogP contribution in [0.3, 0.4) is 0 Å². The Balaban J connectivity index is 1.73. The van der Waals surface area contributed by atoms with Crippen molar-refractivity contribution in [3.8, 4) is 0 Å². The van der Waals surface area contributed by atoms with Gasteiger partial charge in [0.15, 0.2) is 5.88 Å². The highest BCUT2D eigenvalue weighted by Crippen LogP contribution is 2.25. The van der Waals surface area contributed by atoms with Crippen molar-refractivity contribution in [2.75, 3.05) is 6.54 Å². The Kier molecular flexibility index (Phi) is 2.38. The standard InChI is InChI=1S/C10H15N3O2/c1-7-12-13-8(14-7)4-5-11-9-6-10(2,3)15-9/h6,11H,4-5H2,1-3H3. The molecule has 1 aromatic rings. The van der Waals surface area contributed by atoms with E-state index >= 15 is 0 Å². The minimum absolute atomic E-state index is 0.122. The molecule has 5 nitrogen and oxygen atoms in total. The predicted molar refractivity (Wildman–Crippen MR) is 54.0 cm³/mol. The summed E-state index contributed by atoms with van der Waals surface area (Å²) in [5, 5.41) is 10.8. The molecule has 0 aromatic carbocycles. The Morgan fingerprint density at radius 2 is 2.13 bits per heavy atom. The minimum atomic E-state index is -0.122. The van der Waals surface area contributed by atoms with Gasteiger partial charge in [-0.1, -0.05) is 0 Å². The zero-order chi connectivity index (χ0) is 10.9. The molecule has 0 fully saturated rings. The molecule has 0 radical (unpaired) electrons. The largest absolute Gasteiger partial charge is 0.469 e. The van der Waals surface area contributed by atoms with Gasteiger partial charge in [0.2, 0.25) is 11.8 Å². The zero-order valence-corrected chi connectivity index (χ0v) is 9.20. The lowest BCUT2D eigenvalue weighted by Crippen LogP contribution is -2.37. The molecule has 15 heavy (non-hydrogen) atoms. The number of aryl methyl sites for hydroxylation is 1. The summed E-state index contributed by atoms with van der Waals surface area (Å²) in [4.78, 5) is 0. The monoisotopic (exact) mass is 209 g/mol. The van der Waals surface area contributed by atoms with Crippen molar-refractivity contribution < 1.29 is 9.15 Å². The lowest BCUT2D eigenvalue weighted by Gasteiger charge is -2.34. The van der Waals surface area contributed by atoms with Crippen LogP contribution in [0.5, 0.6) is 0 Å². The van der Waals surface area contributed by atoms with E-state index in [9.17, 15) is 0 Å². The molecule has 0 saturated carbocycles. The molecule has 5 heteroatoms. The Hall–Kier alpha value is -1.52. The molecule has 82 valence electrons. The number of aromatic nitrogens is 2. The number of ether oxygens (including phenoxy) is 1. The fourth-order valence-corrected chi connectivity index (χ4v) is 1.42. The smallest absolute Gasteiger partial charge is 0.218 e. The van der Waals surface area contributed by atoms with Gasteiger partial charge in [0, 0.05) is 26.0 Å². The van der Waals surface area contributed by atoms with Crippen LogP contribution < -0.4 is 5.32 Å². The highest BCUT2D eigenvalue weighted by atomic mass is 16.5. The van der Waals surface area contributed by atoms with Gasteiger partial charge < -0.3 is 14.5 Å². The van der Waals surface area contributed by atoms with Crippen molar-refractivity contribution in [1.29, 1.82) is 0 Å². The third kappa shape index (κ3) is 2.49. The zero-order valence-electron chi connectivity index (χ0n) is 9.20. The molecule has 1 aromatic heterocycles. The van der Waals surface area contributed by atoms with E-state index in [2.05, 4.69) is 15.5 Å². The summed E-state index contributed by atoms with van der Waals surface area (Å²) >= 11 is 0. The van der Waals surface area contributed by atoms with E-state index in [4.69, 9.17) is 9.15 Å². The van der Waals surface area contributed by atoms with E-state index in [1.165, 1.54) is 0 Å². The van der Waals surface area contributed by atoms with Gasteiger partial charge >= 0.3 is 0 Å². The first-order valence-corrected chi connectivity index (χ1v) is 5.00. The number of nitrogens with zero attached hydrogens (tertiary/aromatic N) is 2. The van der Waals surface area contributed by atoms with Gasteiger partial charge in [-0.3, -0.25) is 0 Å². The lowest BCUT2D eigenvalue weighted by atomic mass is 10.1. The molecular weight excluding hydrogens is 194 g/mol. The van der Waals surface area contributed by atoms with Crippen molar-refractivity contribution in [1.82, 2.24) is 15.5 Å². The van der Waals surface area contributed by atoms with E-state index in [-0.39, 0.29) is 5.60 Å². The average molecular weight is 209 g/mol. The molecule has 1 N–H and O–H groups in total. The first-order chi connectivity index (χ1) is 7.05. The second kappa shape index (κ2) is 3.56. The maximum absolute atomic E-state index is 5.45. The summed E-state index contributed by atoms with van der Waals surface area (Å²) in [6.45, 7) is 6.55. The molecule has 2 rings (SSSR count). The first kappa shape index (κ1) is 10.0. The van der Waals surface area contributed by atoms with Crippen LogP contribution in [0, 0.1) is 6.92 Å². The van der Waals surface area contributed by atoms with Crippen LogP contribution >= 0.6 is 0 Å². The van der Waals surface area contributed by atoms with E-state index in [1.54, 1.807) is 6.92 Å². The minimum Gasteiger partial charge on any atom is -0.469 e. The van der Waals surface area contributed by atoms with Gasteiger partial charge in [-0.25, -0.2) is 0 Å². The molecule has 0 aliphatic carbocycles. The van der Waals surface area contributed by atoms with Crippen LogP contribution in [0.2, 0.25) is 0 Å². The first-order valence-electron chi connectivity index (χ1n) is 5.00. The van der Waals surface area contributed by atoms with Gasteiger partial charge in [0.25, 0.3) is 0 Å². The van der Waals surface area contributed by atoms with Crippen molar-refractivity contribution in [3.63, 3.8) is 0 Å². The molecule has 0 spiro atoms. The second-order valence-corrected chi connectivity index (χ2v) is 4.11. The third-order valence-corrected chi connectivity index (χ3v) is 2.06. The maximum Gasteiger partial charge on any atom is 0.218 e. The Morgan fingerprint density at radius 1 is 1.40 bits per heavy atom. The summed E-state index contributed by atoms with van der Waals surface area (Å²) < 4.78 is 10.7. The number of hydrogen-bond donors (Lipinski definition) is 1. The fourth-order valence-electron chi connectivity index (χ4n) is 1.42. The summed E-state index contributed by atoms with van der Waals surface area (Å²) in [6.07, 6.45) is 2.76. The van der Waals surface area contributed by atoms with Gasteiger partial charge in [-0.15, -0.1) is 10.2 Å². The van der Waals surface area contributed by atoms with Crippen molar-refractivity contribution in [2.24, 2.45) is 0 Å². The average Bonchev–Trinajstić information content (AvgIpc) is 2.48. The summed E-state index contributed by atoms with van der Waals surface area (Å²) in [6, 6.07) is 0. The maximum atomic E-state index is 5.45. The molecule has 0 atom stereocenters. The van der Waals surface area contributed by atoms with Crippen LogP contribution in [-0.2, 0) is 11.2 Å². The van der Waals surface area contributed by atoms with Gasteiger partial charge in [0.1, 0.15) is 5.60 Å². The van der Waals surface area contributed by atoms with Crippen molar-refractivity contribution in [3.05, 3.63) is 23.7 Å². The van der Waals surface area contributed by atoms with Crippen molar-refractivity contribution in [2.45, 2.75) is 32.8 Å². The molecule has 1 aliphatic rings. The van der Waals surface area contributed by atoms with E-state index in [0.717, 1.165) is 12.4 Å². The normalized spacial score (nSPS) is 17.7. The molecule has 0 unspecified atom stereocenters. The number of hydrogen-bond acceptors (Lipinski definition) is 5. The molecule has 0 bridgehead atoms. The summed E-state index contributed by atoms with van der Waals surface area (Å²) in [5.41, 5.74) is -0.122. The predicted octanol–water partition coefficient (Wildman–Crippen LogP) is 1.16. The Bertz CT molecular complexity index is 382. The summed E-state index contributed by atoms with van der Waals surface area (Å²) in [5.74, 6) is 2.08. The molecule has 0 amide bonds. The quantitative estimate of drug-likeness (QED) is 0.806. The third-order valence-electron chi connectivity index (χ3n) is 2.06.